The van der Waals surface area contributed by atoms with Crippen LogP contribution in [0.4, 0.5) is 4.79 Å². The summed E-state index contributed by atoms with van der Waals surface area (Å²) in [5, 5.41) is 14.2. The van der Waals surface area contributed by atoms with E-state index in [0.29, 0.717) is 0 Å². The second kappa shape index (κ2) is 6.23. The minimum absolute atomic E-state index is 0.0738. The number of hydrogen-bond donors (Lipinski definition) is 4. The lowest BCUT2D eigenvalue weighted by Gasteiger charge is -2.17. The summed E-state index contributed by atoms with van der Waals surface area (Å²) in [6.07, 6.45) is -0.588. The molecule has 0 aromatic carbocycles. The van der Waals surface area contributed by atoms with Gasteiger partial charge in [0.25, 0.3) is 0 Å². The normalized spacial score (nSPS) is 14.5. The Labute approximate surface area is 89.2 Å². The number of hydrogen-bond acceptors (Lipinski definition) is 3. The molecular formula is C9H19N3O3. The van der Waals surface area contributed by atoms with E-state index in [2.05, 4.69) is 10.6 Å². The summed E-state index contributed by atoms with van der Waals surface area (Å²) < 4.78 is 0. The minimum atomic E-state index is -0.748. The number of aliphatic hydroxyl groups is 1. The van der Waals surface area contributed by atoms with Crippen LogP contribution in [0.25, 0.3) is 0 Å². The Morgan fingerprint density at radius 3 is 2.27 bits per heavy atom. The Bertz CT molecular complexity index is 231. The van der Waals surface area contributed by atoms with Gasteiger partial charge in [0.05, 0.1) is 6.10 Å². The third kappa shape index (κ3) is 5.90. The zero-order valence-corrected chi connectivity index (χ0v) is 9.28. The largest absolute Gasteiger partial charge is 0.391 e. The standard InChI is InChI=1S/C9H19N3O3/c1-5(2)7(13)4-11-8(14)6(3)12-9(10)15/h5-7,13H,4H2,1-3H3,(H,11,14)(H3,10,12,15). The number of carbonyl (C=O) groups excluding carboxylic acids is 2. The van der Waals surface area contributed by atoms with Gasteiger partial charge in [-0.25, -0.2) is 4.79 Å². The maximum Gasteiger partial charge on any atom is 0.312 e. The molecule has 6 heteroatoms. The Hall–Kier alpha value is -1.30. The molecule has 0 aliphatic rings. The number of aliphatic hydroxyl groups excluding tert-OH is 1. The van der Waals surface area contributed by atoms with E-state index >= 15 is 0 Å². The molecular weight excluding hydrogens is 198 g/mol. The van der Waals surface area contributed by atoms with Crippen molar-refractivity contribution < 1.29 is 14.7 Å². The van der Waals surface area contributed by atoms with Crippen molar-refractivity contribution in [3.63, 3.8) is 0 Å². The number of carbonyl (C=O) groups is 2. The number of amides is 3. The molecule has 0 radical (unpaired) electrons. The molecule has 15 heavy (non-hydrogen) atoms. The van der Waals surface area contributed by atoms with Gasteiger partial charge in [-0.05, 0) is 12.8 Å². The number of nitrogens with one attached hydrogen (secondary N) is 2. The van der Waals surface area contributed by atoms with Crippen LogP contribution in [0.15, 0.2) is 0 Å². The van der Waals surface area contributed by atoms with Crippen LogP contribution in [0, 0.1) is 5.92 Å². The van der Waals surface area contributed by atoms with Gasteiger partial charge in [0.1, 0.15) is 6.04 Å². The number of urea groups is 1. The first kappa shape index (κ1) is 13.7. The second-order valence-electron chi connectivity index (χ2n) is 3.79. The zero-order valence-electron chi connectivity index (χ0n) is 9.28. The average molecular weight is 217 g/mol. The zero-order chi connectivity index (χ0) is 12.0. The monoisotopic (exact) mass is 217 g/mol. The molecule has 0 saturated heterocycles. The quantitative estimate of drug-likeness (QED) is 0.483. The van der Waals surface area contributed by atoms with Gasteiger partial charge in [0, 0.05) is 6.54 Å². The fourth-order valence-electron chi connectivity index (χ4n) is 0.873. The van der Waals surface area contributed by atoms with Crippen LogP contribution in [-0.4, -0.2) is 35.7 Å². The van der Waals surface area contributed by atoms with Gasteiger partial charge in [0.2, 0.25) is 5.91 Å². The molecule has 0 aliphatic carbocycles. The third-order valence-electron chi connectivity index (χ3n) is 2.01. The van der Waals surface area contributed by atoms with Crippen molar-refractivity contribution in [1.29, 1.82) is 0 Å². The summed E-state index contributed by atoms with van der Waals surface area (Å²) in [6.45, 7) is 5.38. The first-order valence-electron chi connectivity index (χ1n) is 4.86. The molecule has 2 unspecified atom stereocenters. The predicted octanol–water partition coefficient (Wildman–Crippen LogP) is -0.824. The summed E-state index contributed by atoms with van der Waals surface area (Å²) in [5.74, 6) is -0.293. The van der Waals surface area contributed by atoms with E-state index in [9.17, 15) is 14.7 Å². The maximum atomic E-state index is 11.3. The molecule has 2 atom stereocenters. The first-order valence-corrected chi connectivity index (χ1v) is 4.86. The molecule has 0 aromatic rings. The van der Waals surface area contributed by atoms with Crippen LogP contribution in [0.3, 0.4) is 0 Å². The molecule has 0 bridgehead atoms. The van der Waals surface area contributed by atoms with Gasteiger partial charge >= 0.3 is 6.03 Å². The minimum Gasteiger partial charge on any atom is -0.391 e. The number of rotatable bonds is 5. The summed E-state index contributed by atoms with van der Waals surface area (Å²) in [6, 6.07) is -1.44. The fourth-order valence-corrected chi connectivity index (χ4v) is 0.873. The highest BCUT2D eigenvalue weighted by molar-refractivity contribution is 5.86. The van der Waals surface area contributed by atoms with Crippen molar-refractivity contribution in [2.75, 3.05) is 6.54 Å². The lowest BCUT2D eigenvalue weighted by Crippen LogP contribution is -2.48. The Kier molecular flexibility index (Phi) is 5.69. The molecule has 3 amide bonds. The van der Waals surface area contributed by atoms with Crippen LogP contribution >= 0.6 is 0 Å². The van der Waals surface area contributed by atoms with Crippen LogP contribution in [0.2, 0.25) is 0 Å². The fraction of sp³-hybridized carbons (Fsp3) is 0.778. The molecule has 88 valence electrons. The molecule has 6 nitrogen and oxygen atoms in total. The Morgan fingerprint density at radius 1 is 1.33 bits per heavy atom. The van der Waals surface area contributed by atoms with Crippen LogP contribution in [0.5, 0.6) is 0 Å². The van der Waals surface area contributed by atoms with E-state index in [1.807, 2.05) is 13.8 Å². The molecule has 5 N–H and O–H groups in total. The lowest BCUT2D eigenvalue weighted by atomic mass is 10.1. The molecule has 0 aliphatic heterocycles. The molecule has 0 saturated carbocycles. The molecule has 0 heterocycles. The van der Waals surface area contributed by atoms with Crippen molar-refractivity contribution in [1.82, 2.24) is 10.6 Å². The van der Waals surface area contributed by atoms with Gasteiger partial charge in [-0.2, -0.15) is 0 Å². The molecule has 0 rings (SSSR count). The smallest absolute Gasteiger partial charge is 0.312 e. The van der Waals surface area contributed by atoms with Crippen molar-refractivity contribution in [2.45, 2.75) is 32.9 Å². The summed E-state index contributed by atoms with van der Waals surface area (Å²) >= 11 is 0. The van der Waals surface area contributed by atoms with Crippen molar-refractivity contribution in [3.05, 3.63) is 0 Å². The van der Waals surface area contributed by atoms with Crippen LogP contribution in [-0.2, 0) is 4.79 Å². The lowest BCUT2D eigenvalue weighted by molar-refractivity contribution is -0.123. The summed E-state index contributed by atoms with van der Waals surface area (Å²) in [7, 11) is 0. The first-order chi connectivity index (χ1) is 6.84. The highest BCUT2D eigenvalue weighted by atomic mass is 16.3. The Balaban J connectivity index is 3.88. The van der Waals surface area contributed by atoms with Gasteiger partial charge < -0.3 is 21.5 Å². The number of nitrogens with two attached hydrogens (primary N) is 1. The van der Waals surface area contributed by atoms with Crippen molar-refractivity contribution >= 4 is 11.9 Å². The highest BCUT2D eigenvalue weighted by Crippen LogP contribution is 1.98. The van der Waals surface area contributed by atoms with Crippen molar-refractivity contribution in [2.24, 2.45) is 11.7 Å². The molecule has 0 fully saturated rings. The predicted molar refractivity (Wildman–Crippen MR) is 56.0 cm³/mol. The SMILES string of the molecule is CC(NC(N)=O)C(=O)NCC(O)C(C)C. The highest BCUT2D eigenvalue weighted by Gasteiger charge is 2.16. The van der Waals surface area contributed by atoms with E-state index in [4.69, 9.17) is 5.73 Å². The molecule has 0 aromatic heterocycles. The van der Waals surface area contributed by atoms with E-state index in [0.717, 1.165) is 0 Å². The van der Waals surface area contributed by atoms with E-state index < -0.39 is 18.2 Å². The second-order valence-corrected chi connectivity index (χ2v) is 3.79. The van der Waals surface area contributed by atoms with Gasteiger partial charge in [0.15, 0.2) is 0 Å². The van der Waals surface area contributed by atoms with Crippen molar-refractivity contribution in [3.8, 4) is 0 Å². The van der Waals surface area contributed by atoms with Crippen LogP contribution < -0.4 is 16.4 Å². The summed E-state index contributed by atoms with van der Waals surface area (Å²) in [5.41, 5.74) is 4.86. The van der Waals surface area contributed by atoms with Gasteiger partial charge in [-0.1, -0.05) is 13.8 Å². The maximum absolute atomic E-state index is 11.3. The Morgan fingerprint density at radius 2 is 1.87 bits per heavy atom. The topological polar surface area (TPSA) is 104 Å². The van der Waals surface area contributed by atoms with Crippen LogP contribution in [0.1, 0.15) is 20.8 Å². The van der Waals surface area contributed by atoms with Gasteiger partial charge in [-0.3, -0.25) is 4.79 Å². The van der Waals surface area contributed by atoms with E-state index in [-0.39, 0.29) is 18.4 Å². The van der Waals surface area contributed by atoms with E-state index in [1.54, 1.807) is 0 Å². The van der Waals surface area contributed by atoms with Gasteiger partial charge in [-0.15, -0.1) is 0 Å². The number of primary amides is 1. The summed E-state index contributed by atoms with van der Waals surface area (Å²) in [4.78, 5) is 21.8. The third-order valence-corrected chi connectivity index (χ3v) is 2.01. The van der Waals surface area contributed by atoms with E-state index in [1.165, 1.54) is 6.92 Å². The molecule has 0 spiro atoms. The average Bonchev–Trinajstić information content (AvgIpc) is 2.12.